The maximum absolute atomic E-state index is 12.0. The summed E-state index contributed by atoms with van der Waals surface area (Å²) in [7, 11) is 1.60. The number of aryl methyl sites for hydroxylation is 1. The fourth-order valence-corrected chi connectivity index (χ4v) is 2.16. The van der Waals surface area contributed by atoms with Crippen LogP contribution in [0.3, 0.4) is 0 Å². The van der Waals surface area contributed by atoms with Crippen LogP contribution in [0.5, 0.6) is 5.75 Å². The van der Waals surface area contributed by atoms with Crippen LogP contribution in [-0.4, -0.2) is 19.0 Å². The minimum Gasteiger partial charge on any atom is -0.497 e. The number of anilines is 2. The fourth-order valence-electron chi connectivity index (χ4n) is 2.16. The summed E-state index contributed by atoms with van der Waals surface area (Å²) >= 11 is 0. The quantitative estimate of drug-likeness (QED) is 0.788. The molecule has 3 N–H and O–H groups in total. The van der Waals surface area contributed by atoms with Gasteiger partial charge in [-0.1, -0.05) is 18.2 Å². The second-order valence-corrected chi connectivity index (χ2v) is 5.37. The number of amides is 3. The summed E-state index contributed by atoms with van der Waals surface area (Å²) in [5.74, 6) is 0.589. The van der Waals surface area contributed by atoms with Crippen LogP contribution < -0.4 is 20.7 Å². The van der Waals surface area contributed by atoms with E-state index in [-0.39, 0.29) is 11.9 Å². The third-order valence-corrected chi connectivity index (χ3v) is 3.39. The third kappa shape index (κ3) is 5.01. The Balaban J connectivity index is 1.95. The molecule has 0 saturated carbocycles. The van der Waals surface area contributed by atoms with E-state index in [0.717, 1.165) is 16.9 Å². The maximum Gasteiger partial charge on any atom is 0.319 e. The predicted molar refractivity (Wildman–Crippen MR) is 94.3 cm³/mol. The highest BCUT2D eigenvalue weighted by Crippen LogP contribution is 2.20. The Hall–Kier alpha value is -3.02. The number of hydrogen-bond donors (Lipinski definition) is 3. The molecule has 0 spiro atoms. The van der Waals surface area contributed by atoms with E-state index in [1.807, 2.05) is 37.3 Å². The first kappa shape index (κ1) is 17.3. The average Bonchev–Trinajstić information content (AvgIpc) is 2.56. The van der Waals surface area contributed by atoms with Crippen molar-refractivity contribution >= 4 is 23.3 Å². The number of nitrogens with one attached hydrogen (secondary N) is 3. The molecule has 126 valence electrons. The van der Waals surface area contributed by atoms with Crippen molar-refractivity contribution < 1.29 is 14.3 Å². The van der Waals surface area contributed by atoms with Gasteiger partial charge in [-0.15, -0.1) is 0 Å². The molecule has 2 aromatic carbocycles. The third-order valence-electron chi connectivity index (χ3n) is 3.39. The minimum absolute atomic E-state index is 0.155. The lowest BCUT2D eigenvalue weighted by atomic mass is 10.2. The van der Waals surface area contributed by atoms with E-state index < -0.39 is 0 Å². The SMILES string of the molecule is COc1cccc(CNC(=O)Nc2ccc(C)c(NC(C)=O)c2)c1. The summed E-state index contributed by atoms with van der Waals surface area (Å²) in [5.41, 5.74) is 3.14. The van der Waals surface area contributed by atoms with Crippen molar-refractivity contribution in [2.75, 3.05) is 17.7 Å². The molecule has 0 unspecified atom stereocenters. The second kappa shape index (κ2) is 8.01. The summed E-state index contributed by atoms with van der Waals surface area (Å²) in [6.07, 6.45) is 0. The van der Waals surface area contributed by atoms with Crippen molar-refractivity contribution in [1.29, 1.82) is 0 Å². The van der Waals surface area contributed by atoms with E-state index in [1.165, 1.54) is 6.92 Å². The van der Waals surface area contributed by atoms with Gasteiger partial charge in [-0.25, -0.2) is 4.79 Å². The van der Waals surface area contributed by atoms with Crippen molar-refractivity contribution in [3.8, 4) is 5.75 Å². The number of benzene rings is 2. The molecule has 0 radical (unpaired) electrons. The normalized spacial score (nSPS) is 9.96. The van der Waals surface area contributed by atoms with Crippen molar-refractivity contribution in [2.45, 2.75) is 20.4 Å². The maximum atomic E-state index is 12.0. The molecule has 6 nitrogen and oxygen atoms in total. The number of carbonyl (C=O) groups excluding carboxylic acids is 2. The highest BCUT2D eigenvalue weighted by atomic mass is 16.5. The van der Waals surface area contributed by atoms with Crippen LogP contribution in [0.4, 0.5) is 16.2 Å². The lowest BCUT2D eigenvalue weighted by Crippen LogP contribution is -2.28. The van der Waals surface area contributed by atoms with Gasteiger partial charge in [0.15, 0.2) is 0 Å². The molecule has 0 aliphatic heterocycles. The molecule has 2 rings (SSSR count). The molecule has 24 heavy (non-hydrogen) atoms. The van der Waals surface area contributed by atoms with Crippen molar-refractivity contribution in [3.05, 3.63) is 53.6 Å². The molecule has 2 aromatic rings. The first-order valence-electron chi connectivity index (χ1n) is 7.54. The zero-order valence-corrected chi connectivity index (χ0v) is 14.0. The molecular formula is C18H21N3O3. The van der Waals surface area contributed by atoms with E-state index in [9.17, 15) is 9.59 Å². The Morgan fingerprint density at radius 3 is 2.58 bits per heavy atom. The number of urea groups is 1. The number of hydrogen-bond acceptors (Lipinski definition) is 3. The Morgan fingerprint density at radius 1 is 1.08 bits per heavy atom. The number of carbonyl (C=O) groups is 2. The summed E-state index contributed by atoms with van der Waals surface area (Å²) in [6, 6.07) is 12.5. The molecule has 6 heteroatoms. The molecule has 3 amide bonds. The summed E-state index contributed by atoms with van der Waals surface area (Å²) in [5, 5.41) is 8.26. The summed E-state index contributed by atoms with van der Waals surface area (Å²) < 4.78 is 5.15. The van der Waals surface area contributed by atoms with Crippen LogP contribution in [0.2, 0.25) is 0 Å². The Bertz CT molecular complexity index is 744. The van der Waals surface area contributed by atoms with E-state index >= 15 is 0 Å². The number of methoxy groups -OCH3 is 1. The van der Waals surface area contributed by atoms with Gasteiger partial charge in [-0.2, -0.15) is 0 Å². The molecule has 0 bridgehead atoms. The van der Waals surface area contributed by atoms with E-state index in [2.05, 4.69) is 16.0 Å². The van der Waals surface area contributed by atoms with Gasteiger partial charge in [0.25, 0.3) is 0 Å². The molecule has 0 fully saturated rings. The molecule has 0 saturated heterocycles. The standard InChI is InChI=1S/C18H21N3O3/c1-12-7-8-15(10-17(12)20-13(2)22)21-18(23)19-11-14-5-4-6-16(9-14)24-3/h4-10H,11H2,1-3H3,(H,20,22)(H2,19,21,23). The number of rotatable bonds is 5. The van der Waals surface area contributed by atoms with Gasteiger partial charge in [0.05, 0.1) is 7.11 Å². The van der Waals surface area contributed by atoms with E-state index in [4.69, 9.17) is 4.74 Å². The average molecular weight is 327 g/mol. The van der Waals surface area contributed by atoms with Gasteiger partial charge >= 0.3 is 6.03 Å². The van der Waals surface area contributed by atoms with Gasteiger partial charge in [-0.3, -0.25) is 4.79 Å². The van der Waals surface area contributed by atoms with Crippen LogP contribution in [-0.2, 0) is 11.3 Å². The van der Waals surface area contributed by atoms with Gasteiger partial charge in [0, 0.05) is 24.8 Å². The highest BCUT2D eigenvalue weighted by Gasteiger charge is 2.06. The molecular weight excluding hydrogens is 306 g/mol. The van der Waals surface area contributed by atoms with Gasteiger partial charge < -0.3 is 20.7 Å². The van der Waals surface area contributed by atoms with Gasteiger partial charge in [0.1, 0.15) is 5.75 Å². The molecule has 0 aromatic heterocycles. The van der Waals surface area contributed by atoms with Crippen LogP contribution in [0.25, 0.3) is 0 Å². The Labute approximate surface area is 141 Å². The monoisotopic (exact) mass is 327 g/mol. The highest BCUT2D eigenvalue weighted by molar-refractivity contribution is 5.93. The molecule has 0 atom stereocenters. The van der Waals surface area contributed by atoms with E-state index in [1.54, 1.807) is 19.2 Å². The van der Waals surface area contributed by atoms with Crippen LogP contribution in [0.15, 0.2) is 42.5 Å². The number of ether oxygens (including phenoxy) is 1. The topological polar surface area (TPSA) is 79.5 Å². The lowest BCUT2D eigenvalue weighted by molar-refractivity contribution is -0.114. The molecule has 0 aliphatic carbocycles. The Morgan fingerprint density at radius 2 is 1.88 bits per heavy atom. The minimum atomic E-state index is -0.324. The molecule has 0 aliphatic rings. The predicted octanol–water partition coefficient (Wildman–Crippen LogP) is 3.28. The van der Waals surface area contributed by atoms with E-state index in [0.29, 0.717) is 17.9 Å². The van der Waals surface area contributed by atoms with Gasteiger partial charge in [0.2, 0.25) is 5.91 Å². The van der Waals surface area contributed by atoms with Crippen molar-refractivity contribution in [1.82, 2.24) is 5.32 Å². The lowest BCUT2D eigenvalue weighted by Gasteiger charge is -2.11. The first-order valence-corrected chi connectivity index (χ1v) is 7.54. The smallest absolute Gasteiger partial charge is 0.319 e. The van der Waals surface area contributed by atoms with Crippen LogP contribution >= 0.6 is 0 Å². The van der Waals surface area contributed by atoms with Crippen LogP contribution in [0.1, 0.15) is 18.1 Å². The van der Waals surface area contributed by atoms with Crippen LogP contribution in [0, 0.1) is 6.92 Å². The molecule has 0 heterocycles. The zero-order valence-electron chi connectivity index (χ0n) is 14.0. The largest absolute Gasteiger partial charge is 0.497 e. The summed E-state index contributed by atoms with van der Waals surface area (Å²) in [6.45, 7) is 3.71. The van der Waals surface area contributed by atoms with Gasteiger partial charge in [-0.05, 0) is 42.3 Å². The van der Waals surface area contributed by atoms with Crippen molar-refractivity contribution in [2.24, 2.45) is 0 Å². The second-order valence-electron chi connectivity index (χ2n) is 5.37. The van der Waals surface area contributed by atoms with Crippen molar-refractivity contribution in [3.63, 3.8) is 0 Å². The Kier molecular flexibility index (Phi) is 5.78. The fraction of sp³-hybridized carbons (Fsp3) is 0.222. The first-order chi connectivity index (χ1) is 11.5. The summed E-state index contributed by atoms with van der Waals surface area (Å²) in [4.78, 5) is 23.2. The zero-order chi connectivity index (χ0) is 17.5.